The van der Waals surface area contributed by atoms with Crippen molar-refractivity contribution >= 4 is 17.6 Å². The monoisotopic (exact) mass is 567 g/mol. The van der Waals surface area contributed by atoms with Crippen LogP contribution in [0.25, 0.3) is 0 Å². The molecule has 4 rings (SSSR count). The Morgan fingerprint density at radius 1 is 0.854 bits per heavy atom. The molecule has 0 atom stereocenters. The van der Waals surface area contributed by atoms with E-state index in [1.165, 1.54) is 7.11 Å². The SMILES string of the molecule is COC(=O)COc1ccc(OCC#Cc2cc(C#CCN3CCOCC3)cc(C#Cc3ccc(Cl)cc3)c2)cc1C. The standard InChI is InChI=1S/C34H30ClNO5/c1-26-21-32(13-14-33(26)41-25-34(37)38-2)40-18-4-6-29-22-28(5-3-15-36-16-19-39-20-17-36)23-30(24-29)8-7-27-9-11-31(35)12-10-27/h9-14,21-24H,15-20,25H2,1-2H3. The first-order chi connectivity index (χ1) is 20.0. The number of rotatable bonds is 6. The third-order valence-electron chi connectivity index (χ3n) is 6.03. The Morgan fingerprint density at radius 2 is 1.51 bits per heavy atom. The molecule has 3 aromatic carbocycles. The van der Waals surface area contributed by atoms with Gasteiger partial charge in [0, 0.05) is 40.4 Å². The number of morpholine rings is 1. The van der Waals surface area contributed by atoms with Crippen LogP contribution in [0.2, 0.25) is 5.02 Å². The summed E-state index contributed by atoms with van der Waals surface area (Å²) in [6.07, 6.45) is 0. The zero-order chi connectivity index (χ0) is 28.9. The number of hydrogen-bond donors (Lipinski definition) is 0. The van der Waals surface area contributed by atoms with Gasteiger partial charge in [-0.15, -0.1) is 0 Å². The van der Waals surface area contributed by atoms with Crippen molar-refractivity contribution < 1.29 is 23.7 Å². The minimum atomic E-state index is -0.439. The summed E-state index contributed by atoms with van der Waals surface area (Å²) in [7, 11) is 1.32. The molecule has 6 nitrogen and oxygen atoms in total. The summed E-state index contributed by atoms with van der Waals surface area (Å²) < 4.78 is 21.3. The van der Waals surface area contributed by atoms with Gasteiger partial charge in [0.1, 0.15) is 18.1 Å². The van der Waals surface area contributed by atoms with Crippen molar-refractivity contribution in [2.75, 3.05) is 53.2 Å². The molecule has 0 spiro atoms. The van der Waals surface area contributed by atoms with E-state index < -0.39 is 5.97 Å². The predicted molar refractivity (Wildman–Crippen MR) is 159 cm³/mol. The summed E-state index contributed by atoms with van der Waals surface area (Å²) in [4.78, 5) is 13.6. The second kappa shape index (κ2) is 15.4. The molecule has 3 aromatic rings. The number of esters is 1. The molecule has 0 unspecified atom stereocenters. The van der Waals surface area contributed by atoms with E-state index >= 15 is 0 Å². The first kappa shape index (κ1) is 29.6. The largest absolute Gasteiger partial charge is 0.482 e. The van der Waals surface area contributed by atoms with Crippen LogP contribution in [0, 0.1) is 42.4 Å². The van der Waals surface area contributed by atoms with Crippen LogP contribution in [0.15, 0.2) is 60.7 Å². The van der Waals surface area contributed by atoms with Crippen molar-refractivity contribution in [1.82, 2.24) is 4.90 Å². The average molecular weight is 568 g/mol. The highest BCUT2D eigenvalue weighted by Gasteiger charge is 2.08. The number of carbonyl (C=O) groups excluding carboxylic acids is 1. The van der Waals surface area contributed by atoms with Gasteiger partial charge in [0.25, 0.3) is 0 Å². The lowest BCUT2D eigenvalue weighted by Gasteiger charge is -2.24. The molecule has 0 saturated carbocycles. The highest BCUT2D eigenvalue weighted by atomic mass is 35.5. The predicted octanol–water partition coefficient (Wildman–Crippen LogP) is 4.71. The fraction of sp³-hybridized carbons (Fsp3) is 0.265. The molecule has 0 aliphatic carbocycles. The topological polar surface area (TPSA) is 57.2 Å². The average Bonchev–Trinajstić information content (AvgIpc) is 2.99. The molecular formula is C34H30ClNO5. The number of aryl methyl sites for hydroxylation is 1. The minimum Gasteiger partial charge on any atom is -0.482 e. The molecule has 0 aromatic heterocycles. The van der Waals surface area contributed by atoms with Crippen molar-refractivity contribution in [2.45, 2.75) is 6.92 Å². The Hall–Kier alpha value is -4.38. The number of hydrogen-bond acceptors (Lipinski definition) is 6. The molecule has 0 amide bonds. The quantitative estimate of drug-likeness (QED) is 0.318. The molecule has 0 N–H and O–H groups in total. The van der Waals surface area contributed by atoms with Crippen LogP contribution in [-0.4, -0.2) is 64.0 Å². The lowest BCUT2D eigenvalue weighted by molar-refractivity contribution is -0.142. The molecular weight excluding hydrogens is 538 g/mol. The minimum absolute atomic E-state index is 0.147. The first-order valence-electron chi connectivity index (χ1n) is 13.1. The number of ether oxygens (including phenoxy) is 4. The van der Waals surface area contributed by atoms with Gasteiger partial charge in [-0.3, -0.25) is 4.90 Å². The summed E-state index contributed by atoms with van der Waals surface area (Å²) >= 11 is 6.00. The first-order valence-corrected chi connectivity index (χ1v) is 13.5. The number of benzene rings is 3. The maximum Gasteiger partial charge on any atom is 0.343 e. The van der Waals surface area contributed by atoms with E-state index in [0.29, 0.717) is 23.1 Å². The molecule has 1 saturated heterocycles. The van der Waals surface area contributed by atoms with Gasteiger partial charge in [0.05, 0.1) is 26.9 Å². The van der Waals surface area contributed by atoms with Gasteiger partial charge in [-0.2, -0.15) is 0 Å². The molecule has 7 heteroatoms. The summed E-state index contributed by atoms with van der Waals surface area (Å²) in [5, 5.41) is 0.672. The molecule has 208 valence electrons. The van der Waals surface area contributed by atoms with E-state index in [2.05, 4.69) is 45.2 Å². The zero-order valence-electron chi connectivity index (χ0n) is 23.1. The number of halogens is 1. The van der Waals surface area contributed by atoms with Gasteiger partial charge in [0.2, 0.25) is 0 Å². The number of carbonyl (C=O) groups is 1. The molecule has 0 radical (unpaired) electrons. The van der Waals surface area contributed by atoms with Crippen LogP contribution in [0.4, 0.5) is 0 Å². The Bertz CT molecular complexity index is 1540. The smallest absolute Gasteiger partial charge is 0.343 e. The second-order valence-corrected chi connectivity index (χ2v) is 9.57. The van der Waals surface area contributed by atoms with E-state index in [0.717, 1.165) is 54.1 Å². The summed E-state index contributed by atoms with van der Waals surface area (Å²) in [5.41, 5.74) is 4.18. The lowest BCUT2D eigenvalue weighted by Crippen LogP contribution is -2.36. The van der Waals surface area contributed by atoms with Gasteiger partial charge in [0.15, 0.2) is 6.61 Å². The van der Waals surface area contributed by atoms with Crippen molar-refractivity contribution in [3.63, 3.8) is 0 Å². The zero-order valence-corrected chi connectivity index (χ0v) is 23.8. The van der Waals surface area contributed by atoms with E-state index in [4.69, 9.17) is 25.8 Å². The number of nitrogens with zero attached hydrogens (tertiary/aromatic N) is 1. The van der Waals surface area contributed by atoms with Crippen LogP contribution in [0.1, 0.15) is 27.8 Å². The maximum absolute atomic E-state index is 11.3. The summed E-state index contributed by atoms with van der Waals surface area (Å²) in [6.45, 7) is 5.88. The third-order valence-corrected chi connectivity index (χ3v) is 6.28. The fourth-order valence-electron chi connectivity index (χ4n) is 3.86. The summed E-state index contributed by atoms with van der Waals surface area (Å²) in [5.74, 6) is 20.0. The Kier molecular flexibility index (Phi) is 11.1. The van der Waals surface area contributed by atoms with Crippen molar-refractivity contribution in [3.05, 3.63) is 93.5 Å². The molecule has 1 aliphatic heterocycles. The molecule has 1 fully saturated rings. The van der Waals surface area contributed by atoms with Crippen LogP contribution in [0.5, 0.6) is 11.5 Å². The molecule has 0 bridgehead atoms. The second-order valence-electron chi connectivity index (χ2n) is 9.13. The van der Waals surface area contributed by atoms with Crippen molar-refractivity contribution in [1.29, 1.82) is 0 Å². The molecule has 1 aliphatic rings. The molecule has 1 heterocycles. The van der Waals surface area contributed by atoms with Gasteiger partial charge in [-0.05, 0) is 73.2 Å². The Morgan fingerprint density at radius 3 is 2.20 bits per heavy atom. The van der Waals surface area contributed by atoms with Gasteiger partial charge in [-0.25, -0.2) is 4.79 Å². The van der Waals surface area contributed by atoms with E-state index in [1.807, 2.05) is 55.5 Å². The summed E-state index contributed by atoms with van der Waals surface area (Å²) in [6, 6.07) is 18.7. The van der Waals surface area contributed by atoms with E-state index in [-0.39, 0.29) is 13.2 Å². The highest BCUT2D eigenvalue weighted by molar-refractivity contribution is 6.30. The Balaban J connectivity index is 1.46. The highest BCUT2D eigenvalue weighted by Crippen LogP contribution is 2.23. The molecule has 41 heavy (non-hydrogen) atoms. The van der Waals surface area contributed by atoms with Crippen LogP contribution in [-0.2, 0) is 14.3 Å². The number of methoxy groups -OCH3 is 1. The lowest BCUT2D eigenvalue weighted by atomic mass is 10.1. The van der Waals surface area contributed by atoms with Crippen molar-refractivity contribution in [3.8, 4) is 47.0 Å². The van der Waals surface area contributed by atoms with Crippen LogP contribution in [0.3, 0.4) is 0 Å². The fourth-order valence-corrected chi connectivity index (χ4v) is 3.99. The normalized spacial score (nSPS) is 12.5. The van der Waals surface area contributed by atoms with Crippen LogP contribution >= 0.6 is 11.6 Å². The van der Waals surface area contributed by atoms with Gasteiger partial charge in [-0.1, -0.05) is 47.1 Å². The Labute approximate surface area is 246 Å². The third kappa shape index (κ3) is 9.95. The van der Waals surface area contributed by atoms with Crippen molar-refractivity contribution in [2.24, 2.45) is 0 Å². The van der Waals surface area contributed by atoms with E-state index in [9.17, 15) is 4.79 Å². The van der Waals surface area contributed by atoms with Gasteiger partial charge < -0.3 is 18.9 Å². The van der Waals surface area contributed by atoms with Crippen LogP contribution < -0.4 is 9.47 Å². The maximum atomic E-state index is 11.3. The van der Waals surface area contributed by atoms with E-state index in [1.54, 1.807) is 12.1 Å². The van der Waals surface area contributed by atoms with Gasteiger partial charge >= 0.3 is 5.97 Å².